The Morgan fingerprint density at radius 2 is 1.00 bits per heavy atom. The molecule has 2 saturated heterocycles. The number of halogens is 1. The lowest BCUT2D eigenvalue weighted by Crippen LogP contribution is -2.37. The van der Waals surface area contributed by atoms with E-state index in [-0.39, 0.29) is 17.0 Å². The van der Waals surface area contributed by atoms with Gasteiger partial charge >= 0.3 is 0 Å². The summed E-state index contributed by atoms with van der Waals surface area (Å²) >= 11 is 0. The SMILES string of the molecule is Br.c1cc(CN2CCCNCCNCCCNCC2)cc(CN2CCCNCCNCCCNCC2)n1. The Hall–Kier alpha value is -0.690. The molecule has 1 aromatic rings. The second-order valence-corrected chi connectivity index (χ2v) is 10.1. The van der Waals surface area contributed by atoms with Gasteiger partial charge in [-0.05, 0) is 95.7 Å². The van der Waals surface area contributed by atoms with Crippen LogP contribution in [-0.2, 0) is 13.1 Å². The Balaban J connectivity index is 0.00000481. The quantitative estimate of drug-likeness (QED) is 0.301. The maximum atomic E-state index is 4.75. The highest BCUT2D eigenvalue weighted by Crippen LogP contribution is 2.09. The van der Waals surface area contributed by atoms with Gasteiger partial charge in [0.1, 0.15) is 0 Å². The molecule has 3 rings (SSSR count). The van der Waals surface area contributed by atoms with Crippen molar-refractivity contribution in [1.82, 2.24) is 46.7 Å². The lowest BCUT2D eigenvalue weighted by molar-refractivity contribution is 0.254. The highest BCUT2D eigenvalue weighted by molar-refractivity contribution is 8.93. The van der Waals surface area contributed by atoms with E-state index in [2.05, 4.69) is 53.8 Å². The zero-order valence-corrected chi connectivity index (χ0v) is 24.8. The summed E-state index contributed by atoms with van der Waals surface area (Å²) in [7, 11) is 0. The van der Waals surface area contributed by atoms with Crippen molar-refractivity contribution in [1.29, 1.82) is 0 Å². The van der Waals surface area contributed by atoms with Crippen molar-refractivity contribution in [3.63, 3.8) is 0 Å². The van der Waals surface area contributed by atoms with E-state index in [4.69, 9.17) is 4.98 Å². The smallest absolute Gasteiger partial charge is 0.0547 e. The second kappa shape index (κ2) is 22.2. The molecule has 0 atom stereocenters. The van der Waals surface area contributed by atoms with Crippen LogP contribution in [-0.4, -0.2) is 119 Å². The highest BCUT2D eigenvalue weighted by atomic mass is 79.9. The summed E-state index contributed by atoms with van der Waals surface area (Å²) in [6, 6.07) is 4.54. The van der Waals surface area contributed by atoms with Crippen molar-refractivity contribution >= 4 is 17.0 Å². The molecule has 0 spiro atoms. The van der Waals surface area contributed by atoms with Crippen LogP contribution in [0.5, 0.6) is 0 Å². The van der Waals surface area contributed by atoms with Crippen LogP contribution in [0.2, 0.25) is 0 Å². The fourth-order valence-corrected chi connectivity index (χ4v) is 4.85. The molecular formula is C27H54BrN9. The molecule has 0 unspecified atom stereocenters. The highest BCUT2D eigenvalue weighted by Gasteiger charge is 2.11. The van der Waals surface area contributed by atoms with Crippen molar-refractivity contribution in [3.05, 3.63) is 29.6 Å². The van der Waals surface area contributed by atoms with E-state index in [1.165, 1.54) is 36.9 Å². The molecule has 0 aromatic carbocycles. The number of aromatic nitrogens is 1. The lowest BCUT2D eigenvalue weighted by atomic mass is 10.2. The maximum Gasteiger partial charge on any atom is 0.0547 e. The predicted molar refractivity (Wildman–Crippen MR) is 161 cm³/mol. The van der Waals surface area contributed by atoms with Crippen molar-refractivity contribution in [3.8, 4) is 0 Å². The van der Waals surface area contributed by atoms with Crippen molar-refractivity contribution < 1.29 is 0 Å². The summed E-state index contributed by atoms with van der Waals surface area (Å²) in [5.41, 5.74) is 2.58. The largest absolute Gasteiger partial charge is 0.315 e. The third-order valence-electron chi connectivity index (χ3n) is 6.91. The standard InChI is InChI=1S/C27H53N9.BrH/c1-6-28-13-15-30-10-3-19-35(21-17-32-8-1)24-26-5-12-34-27(23-26)25-36-20-4-11-31-16-14-29-7-2-9-33-18-22-36;/h5,12,23,28-33H,1-4,6-11,13-22,24-25H2;1H. The minimum Gasteiger partial charge on any atom is -0.315 e. The van der Waals surface area contributed by atoms with Gasteiger partial charge in [-0.1, -0.05) is 0 Å². The monoisotopic (exact) mass is 583 g/mol. The lowest BCUT2D eigenvalue weighted by Gasteiger charge is -2.25. The number of pyridine rings is 1. The number of hydrogen-bond donors (Lipinski definition) is 6. The minimum absolute atomic E-state index is 0. The number of nitrogens with one attached hydrogen (secondary N) is 6. The molecule has 2 fully saturated rings. The molecule has 37 heavy (non-hydrogen) atoms. The number of hydrogen-bond acceptors (Lipinski definition) is 9. The number of nitrogens with zero attached hydrogens (tertiary/aromatic N) is 3. The zero-order chi connectivity index (χ0) is 24.9. The van der Waals surface area contributed by atoms with Gasteiger partial charge in [0, 0.05) is 71.6 Å². The van der Waals surface area contributed by atoms with Gasteiger partial charge in [-0.25, -0.2) is 0 Å². The van der Waals surface area contributed by atoms with Crippen LogP contribution in [0, 0.1) is 0 Å². The Morgan fingerprint density at radius 3 is 1.54 bits per heavy atom. The van der Waals surface area contributed by atoms with Crippen LogP contribution < -0.4 is 31.9 Å². The summed E-state index contributed by atoms with van der Waals surface area (Å²) in [5, 5.41) is 21.4. The van der Waals surface area contributed by atoms with Crippen LogP contribution in [0.15, 0.2) is 18.3 Å². The third kappa shape index (κ3) is 16.1. The van der Waals surface area contributed by atoms with Gasteiger partial charge in [-0.3, -0.25) is 14.8 Å². The molecule has 3 heterocycles. The Kier molecular flexibility index (Phi) is 19.5. The van der Waals surface area contributed by atoms with Crippen molar-refractivity contribution in [2.45, 2.75) is 38.8 Å². The van der Waals surface area contributed by atoms with Crippen LogP contribution in [0.1, 0.15) is 36.9 Å². The molecule has 6 N–H and O–H groups in total. The molecule has 0 saturated carbocycles. The van der Waals surface area contributed by atoms with Gasteiger partial charge in [0.15, 0.2) is 0 Å². The third-order valence-corrected chi connectivity index (χ3v) is 6.91. The molecule has 214 valence electrons. The molecule has 9 nitrogen and oxygen atoms in total. The van der Waals surface area contributed by atoms with E-state index in [1.807, 2.05) is 6.20 Å². The Labute approximate surface area is 236 Å². The number of rotatable bonds is 4. The van der Waals surface area contributed by atoms with Gasteiger partial charge in [0.2, 0.25) is 0 Å². The van der Waals surface area contributed by atoms with Crippen molar-refractivity contribution in [2.75, 3.05) is 105 Å². The molecule has 2 aliphatic rings. The fraction of sp³-hybridized carbons (Fsp3) is 0.815. The molecule has 0 bridgehead atoms. The Bertz CT molecular complexity index is 587. The molecular weight excluding hydrogens is 530 g/mol. The molecule has 2 aliphatic heterocycles. The van der Waals surface area contributed by atoms with Gasteiger partial charge < -0.3 is 31.9 Å². The summed E-state index contributed by atoms with van der Waals surface area (Å²) in [5.74, 6) is 0. The predicted octanol–water partition coefficient (Wildman–Crippen LogP) is 0.389. The molecule has 1 aromatic heterocycles. The van der Waals surface area contributed by atoms with Crippen LogP contribution in [0.25, 0.3) is 0 Å². The molecule has 0 radical (unpaired) electrons. The maximum absolute atomic E-state index is 4.75. The van der Waals surface area contributed by atoms with Gasteiger partial charge in [0.25, 0.3) is 0 Å². The van der Waals surface area contributed by atoms with Crippen LogP contribution >= 0.6 is 17.0 Å². The summed E-state index contributed by atoms with van der Waals surface area (Å²) < 4.78 is 0. The molecule has 0 amide bonds. The average molecular weight is 585 g/mol. The van der Waals surface area contributed by atoms with Gasteiger partial charge in [-0.15, -0.1) is 17.0 Å². The first kappa shape index (κ1) is 32.5. The van der Waals surface area contributed by atoms with E-state index in [0.29, 0.717) is 0 Å². The van der Waals surface area contributed by atoms with Crippen LogP contribution in [0.4, 0.5) is 0 Å². The zero-order valence-electron chi connectivity index (χ0n) is 23.0. The van der Waals surface area contributed by atoms with Crippen molar-refractivity contribution in [2.24, 2.45) is 0 Å². The first-order valence-electron chi connectivity index (χ1n) is 14.5. The Morgan fingerprint density at radius 1 is 0.541 bits per heavy atom. The topological polar surface area (TPSA) is 91.5 Å². The average Bonchev–Trinajstić information content (AvgIpc) is 2.88. The van der Waals surface area contributed by atoms with E-state index < -0.39 is 0 Å². The molecule has 10 heteroatoms. The second-order valence-electron chi connectivity index (χ2n) is 10.1. The minimum atomic E-state index is 0. The normalized spacial score (nSPS) is 22.3. The van der Waals surface area contributed by atoms with Gasteiger partial charge in [-0.2, -0.15) is 0 Å². The van der Waals surface area contributed by atoms with Crippen LogP contribution in [0.3, 0.4) is 0 Å². The van der Waals surface area contributed by atoms with E-state index in [1.54, 1.807) is 0 Å². The van der Waals surface area contributed by atoms with E-state index in [0.717, 1.165) is 118 Å². The van der Waals surface area contributed by atoms with Gasteiger partial charge in [0.05, 0.1) is 5.69 Å². The summed E-state index contributed by atoms with van der Waals surface area (Å²) in [4.78, 5) is 9.92. The first-order chi connectivity index (χ1) is 17.9. The summed E-state index contributed by atoms with van der Waals surface area (Å²) in [6.45, 7) is 19.2. The fourth-order valence-electron chi connectivity index (χ4n) is 4.85. The summed E-state index contributed by atoms with van der Waals surface area (Å²) in [6.07, 6.45) is 6.74. The van der Waals surface area contributed by atoms with E-state index in [9.17, 15) is 0 Å². The first-order valence-corrected chi connectivity index (χ1v) is 14.5. The van der Waals surface area contributed by atoms with E-state index >= 15 is 0 Å². The molecule has 0 aliphatic carbocycles.